The maximum atomic E-state index is 12.2. The van der Waals surface area contributed by atoms with Crippen LogP contribution in [0.4, 0.5) is 0 Å². The standard InChI is InChI=1S/C13H25N3O2/c1-3-11(2)12-13(17)16(10-14-12)5-4-15-6-8-18-9-7-15/h11-12,14H,3-10H2,1-2H3. The van der Waals surface area contributed by atoms with Crippen molar-refractivity contribution in [2.75, 3.05) is 46.1 Å². The zero-order valence-electron chi connectivity index (χ0n) is 11.5. The van der Waals surface area contributed by atoms with Gasteiger partial charge in [-0.1, -0.05) is 20.3 Å². The maximum absolute atomic E-state index is 12.2. The van der Waals surface area contributed by atoms with Crippen LogP contribution in [0.2, 0.25) is 0 Å². The second-order valence-electron chi connectivity index (χ2n) is 5.28. The number of morpholine rings is 1. The summed E-state index contributed by atoms with van der Waals surface area (Å²) >= 11 is 0. The van der Waals surface area contributed by atoms with Gasteiger partial charge in [-0.05, 0) is 5.92 Å². The third-order valence-corrected chi connectivity index (χ3v) is 4.08. The molecule has 5 heteroatoms. The van der Waals surface area contributed by atoms with Gasteiger partial charge in [-0.15, -0.1) is 0 Å². The maximum Gasteiger partial charge on any atom is 0.241 e. The minimum atomic E-state index is 0.0275. The highest BCUT2D eigenvalue weighted by atomic mass is 16.5. The molecule has 2 heterocycles. The van der Waals surface area contributed by atoms with Gasteiger partial charge in [0.25, 0.3) is 0 Å². The first kappa shape index (κ1) is 13.8. The molecule has 0 aromatic heterocycles. The van der Waals surface area contributed by atoms with E-state index in [1.807, 2.05) is 4.90 Å². The molecule has 2 saturated heterocycles. The van der Waals surface area contributed by atoms with E-state index in [1.165, 1.54) is 0 Å². The van der Waals surface area contributed by atoms with Crippen molar-refractivity contribution in [1.29, 1.82) is 0 Å². The van der Waals surface area contributed by atoms with E-state index in [1.54, 1.807) is 0 Å². The number of amides is 1. The molecular formula is C13H25N3O2. The normalized spacial score (nSPS) is 27.8. The van der Waals surface area contributed by atoms with Gasteiger partial charge in [0.1, 0.15) is 0 Å². The lowest BCUT2D eigenvalue weighted by Gasteiger charge is -2.28. The van der Waals surface area contributed by atoms with Gasteiger partial charge < -0.3 is 9.64 Å². The molecule has 0 radical (unpaired) electrons. The number of hydrogen-bond donors (Lipinski definition) is 1. The number of carbonyl (C=O) groups is 1. The summed E-state index contributed by atoms with van der Waals surface area (Å²) in [7, 11) is 0. The zero-order valence-corrected chi connectivity index (χ0v) is 11.5. The third-order valence-electron chi connectivity index (χ3n) is 4.08. The Labute approximate surface area is 109 Å². The molecule has 104 valence electrons. The molecule has 0 aliphatic carbocycles. The fraction of sp³-hybridized carbons (Fsp3) is 0.923. The summed E-state index contributed by atoms with van der Waals surface area (Å²) in [6, 6.07) is 0.0275. The summed E-state index contributed by atoms with van der Waals surface area (Å²) < 4.78 is 5.32. The van der Waals surface area contributed by atoms with Crippen LogP contribution in [0, 0.1) is 5.92 Å². The Morgan fingerprint density at radius 2 is 2.11 bits per heavy atom. The number of hydrogen-bond acceptors (Lipinski definition) is 4. The molecule has 18 heavy (non-hydrogen) atoms. The lowest BCUT2D eigenvalue weighted by molar-refractivity contribution is -0.130. The van der Waals surface area contributed by atoms with E-state index in [2.05, 4.69) is 24.1 Å². The van der Waals surface area contributed by atoms with Crippen LogP contribution in [0.1, 0.15) is 20.3 Å². The molecule has 2 atom stereocenters. The van der Waals surface area contributed by atoms with Crippen molar-refractivity contribution in [1.82, 2.24) is 15.1 Å². The molecule has 0 spiro atoms. The van der Waals surface area contributed by atoms with Crippen LogP contribution in [0.25, 0.3) is 0 Å². The van der Waals surface area contributed by atoms with Gasteiger partial charge in [-0.3, -0.25) is 15.0 Å². The van der Waals surface area contributed by atoms with Crippen LogP contribution in [0.5, 0.6) is 0 Å². The lowest BCUT2D eigenvalue weighted by atomic mass is 9.99. The van der Waals surface area contributed by atoms with Crippen LogP contribution < -0.4 is 5.32 Å². The highest BCUT2D eigenvalue weighted by Crippen LogP contribution is 2.15. The molecule has 0 aromatic carbocycles. The van der Waals surface area contributed by atoms with E-state index < -0.39 is 0 Å². The number of nitrogens with zero attached hydrogens (tertiary/aromatic N) is 2. The second-order valence-corrected chi connectivity index (χ2v) is 5.28. The van der Waals surface area contributed by atoms with Gasteiger partial charge in [0, 0.05) is 26.2 Å². The lowest BCUT2D eigenvalue weighted by Crippen LogP contribution is -2.42. The molecule has 0 aromatic rings. The number of nitrogens with one attached hydrogen (secondary N) is 1. The number of carbonyl (C=O) groups excluding carboxylic acids is 1. The summed E-state index contributed by atoms with van der Waals surface area (Å²) in [5, 5.41) is 3.33. The fourth-order valence-electron chi connectivity index (χ4n) is 2.53. The van der Waals surface area contributed by atoms with Gasteiger partial charge in [0.2, 0.25) is 5.91 Å². The average molecular weight is 255 g/mol. The zero-order chi connectivity index (χ0) is 13.0. The van der Waals surface area contributed by atoms with Gasteiger partial charge in [0.05, 0.1) is 25.9 Å². The van der Waals surface area contributed by atoms with E-state index in [0.717, 1.165) is 45.8 Å². The Kier molecular flexibility index (Phi) is 4.97. The summed E-state index contributed by atoms with van der Waals surface area (Å²) in [6.07, 6.45) is 1.04. The Morgan fingerprint density at radius 3 is 2.78 bits per heavy atom. The van der Waals surface area contributed by atoms with Crippen LogP contribution in [-0.4, -0.2) is 67.8 Å². The highest BCUT2D eigenvalue weighted by Gasteiger charge is 2.33. The molecular weight excluding hydrogens is 230 g/mol. The highest BCUT2D eigenvalue weighted by molar-refractivity contribution is 5.84. The smallest absolute Gasteiger partial charge is 0.241 e. The van der Waals surface area contributed by atoms with Crippen molar-refractivity contribution in [2.45, 2.75) is 26.3 Å². The molecule has 2 aliphatic heterocycles. The molecule has 2 aliphatic rings. The first-order valence-electron chi connectivity index (χ1n) is 7.04. The van der Waals surface area contributed by atoms with Gasteiger partial charge in [0.15, 0.2) is 0 Å². The first-order chi connectivity index (χ1) is 8.72. The monoisotopic (exact) mass is 255 g/mol. The fourth-order valence-corrected chi connectivity index (χ4v) is 2.53. The van der Waals surface area contributed by atoms with Crippen LogP contribution in [0.15, 0.2) is 0 Å². The molecule has 2 rings (SSSR count). The first-order valence-corrected chi connectivity index (χ1v) is 7.04. The minimum Gasteiger partial charge on any atom is -0.379 e. The minimum absolute atomic E-state index is 0.0275. The number of ether oxygens (including phenoxy) is 1. The number of rotatable bonds is 5. The van der Waals surface area contributed by atoms with Crippen LogP contribution in [-0.2, 0) is 9.53 Å². The van der Waals surface area contributed by atoms with E-state index in [9.17, 15) is 4.79 Å². The molecule has 1 amide bonds. The molecule has 0 saturated carbocycles. The van der Waals surface area contributed by atoms with Crippen molar-refractivity contribution in [3.63, 3.8) is 0 Å². The van der Waals surface area contributed by atoms with Crippen LogP contribution >= 0.6 is 0 Å². The second kappa shape index (κ2) is 6.50. The van der Waals surface area contributed by atoms with E-state index in [0.29, 0.717) is 12.6 Å². The van der Waals surface area contributed by atoms with Gasteiger partial charge in [-0.25, -0.2) is 0 Å². The molecule has 0 bridgehead atoms. The predicted molar refractivity (Wildman–Crippen MR) is 70.2 cm³/mol. The Morgan fingerprint density at radius 1 is 1.39 bits per heavy atom. The van der Waals surface area contributed by atoms with Crippen molar-refractivity contribution in [2.24, 2.45) is 5.92 Å². The van der Waals surface area contributed by atoms with Crippen LogP contribution in [0.3, 0.4) is 0 Å². The van der Waals surface area contributed by atoms with Crippen molar-refractivity contribution < 1.29 is 9.53 Å². The SMILES string of the molecule is CCC(C)C1NCN(CCN2CCOCC2)C1=O. The largest absolute Gasteiger partial charge is 0.379 e. The van der Waals surface area contributed by atoms with Gasteiger partial charge in [-0.2, -0.15) is 0 Å². The van der Waals surface area contributed by atoms with E-state index in [-0.39, 0.29) is 11.9 Å². The molecule has 2 unspecified atom stereocenters. The molecule has 1 N–H and O–H groups in total. The van der Waals surface area contributed by atoms with E-state index in [4.69, 9.17) is 4.74 Å². The van der Waals surface area contributed by atoms with Crippen molar-refractivity contribution in [3.8, 4) is 0 Å². The molecule has 2 fully saturated rings. The summed E-state index contributed by atoms with van der Waals surface area (Å²) in [5.74, 6) is 0.698. The topological polar surface area (TPSA) is 44.8 Å². The van der Waals surface area contributed by atoms with Crippen molar-refractivity contribution in [3.05, 3.63) is 0 Å². The Bertz CT molecular complexity index is 279. The van der Waals surface area contributed by atoms with Crippen molar-refractivity contribution >= 4 is 5.91 Å². The summed E-state index contributed by atoms with van der Waals surface area (Å²) in [5.41, 5.74) is 0. The third kappa shape index (κ3) is 3.22. The predicted octanol–water partition coefficient (Wildman–Crippen LogP) is 0.123. The Balaban J connectivity index is 1.75. The Hall–Kier alpha value is -0.650. The summed E-state index contributed by atoms with van der Waals surface area (Å²) in [6.45, 7) is 10.4. The summed E-state index contributed by atoms with van der Waals surface area (Å²) in [4.78, 5) is 16.5. The quantitative estimate of drug-likeness (QED) is 0.758. The van der Waals surface area contributed by atoms with E-state index >= 15 is 0 Å². The van der Waals surface area contributed by atoms with Gasteiger partial charge >= 0.3 is 0 Å². The molecule has 5 nitrogen and oxygen atoms in total. The average Bonchev–Trinajstić information content (AvgIpc) is 2.78.